The van der Waals surface area contributed by atoms with Crippen molar-refractivity contribution in [3.05, 3.63) is 54.6 Å². The Bertz CT molecular complexity index is 640. The van der Waals surface area contributed by atoms with E-state index >= 15 is 0 Å². The van der Waals surface area contributed by atoms with Gasteiger partial charge in [0.1, 0.15) is 0 Å². The number of H-pyrrole nitrogens is 1. The van der Waals surface area contributed by atoms with E-state index in [1.54, 1.807) is 11.8 Å². The minimum atomic E-state index is 1.18. The largest absolute Gasteiger partial charge is 0.354 e. The molecule has 0 fully saturated rings. The molecule has 3 aromatic rings. The van der Waals surface area contributed by atoms with Gasteiger partial charge in [-0.3, -0.25) is 0 Å². The highest BCUT2D eigenvalue weighted by Crippen LogP contribution is 2.30. The quantitative estimate of drug-likeness (QED) is 0.648. The number of thioether (sulfide) groups is 1. The maximum Gasteiger partial charge on any atom is 0.0470 e. The fraction of sp³-hybridized carbons (Fsp3) is 0.0667. The minimum absolute atomic E-state index is 1.18. The summed E-state index contributed by atoms with van der Waals surface area (Å²) in [6, 6.07) is 19.0. The van der Waals surface area contributed by atoms with Crippen LogP contribution in [-0.2, 0) is 0 Å². The highest BCUT2D eigenvalue weighted by molar-refractivity contribution is 7.98. The lowest BCUT2D eigenvalue weighted by atomic mass is 10.1. The fourth-order valence-electron chi connectivity index (χ4n) is 2.08. The summed E-state index contributed by atoms with van der Waals surface area (Å²) in [4.78, 5) is 4.79. The average Bonchev–Trinajstić information content (AvgIpc) is 2.83. The van der Waals surface area contributed by atoms with Gasteiger partial charge in [0.25, 0.3) is 0 Å². The molecular formula is C15H13NS. The Morgan fingerprint density at radius 3 is 2.53 bits per heavy atom. The normalized spacial score (nSPS) is 10.9. The second-order valence-electron chi connectivity index (χ2n) is 3.97. The molecule has 0 saturated heterocycles. The molecule has 2 heteroatoms. The Morgan fingerprint density at radius 2 is 1.76 bits per heavy atom. The van der Waals surface area contributed by atoms with E-state index in [-0.39, 0.29) is 0 Å². The highest BCUT2D eigenvalue weighted by Gasteiger charge is 2.05. The second-order valence-corrected chi connectivity index (χ2v) is 4.82. The molecule has 2 aromatic carbocycles. The van der Waals surface area contributed by atoms with E-state index in [2.05, 4.69) is 59.8 Å². The van der Waals surface area contributed by atoms with Crippen molar-refractivity contribution in [2.24, 2.45) is 0 Å². The molecule has 84 valence electrons. The Labute approximate surface area is 105 Å². The Kier molecular flexibility index (Phi) is 2.65. The SMILES string of the molecule is CSc1cccc2[nH]c(-c3ccccc3)cc12. The van der Waals surface area contributed by atoms with E-state index in [4.69, 9.17) is 0 Å². The number of benzene rings is 2. The van der Waals surface area contributed by atoms with Gasteiger partial charge in [-0.2, -0.15) is 0 Å². The molecular weight excluding hydrogens is 226 g/mol. The lowest BCUT2D eigenvalue weighted by molar-refractivity contribution is 1.45. The molecule has 0 saturated carbocycles. The van der Waals surface area contributed by atoms with Crippen molar-refractivity contribution >= 4 is 22.7 Å². The number of aromatic nitrogens is 1. The molecule has 0 atom stereocenters. The van der Waals surface area contributed by atoms with Crippen molar-refractivity contribution in [3.8, 4) is 11.3 Å². The van der Waals surface area contributed by atoms with Crippen LogP contribution >= 0.6 is 11.8 Å². The van der Waals surface area contributed by atoms with Crippen molar-refractivity contribution in [2.75, 3.05) is 6.26 Å². The van der Waals surface area contributed by atoms with Crippen molar-refractivity contribution in [3.63, 3.8) is 0 Å². The van der Waals surface area contributed by atoms with Crippen LogP contribution in [0.1, 0.15) is 0 Å². The average molecular weight is 239 g/mol. The van der Waals surface area contributed by atoms with Gasteiger partial charge in [-0.15, -0.1) is 11.8 Å². The maximum absolute atomic E-state index is 3.47. The number of hydrogen-bond acceptors (Lipinski definition) is 1. The summed E-state index contributed by atoms with van der Waals surface area (Å²) in [5.74, 6) is 0. The molecule has 0 aliphatic heterocycles. The van der Waals surface area contributed by atoms with E-state index in [1.165, 1.54) is 27.1 Å². The molecule has 0 spiro atoms. The monoisotopic (exact) mass is 239 g/mol. The molecule has 0 unspecified atom stereocenters. The summed E-state index contributed by atoms with van der Waals surface area (Å²) in [5, 5.41) is 1.30. The van der Waals surface area contributed by atoms with Gasteiger partial charge in [0.2, 0.25) is 0 Å². The summed E-state index contributed by atoms with van der Waals surface area (Å²) < 4.78 is 0. The second kappa shape index (κ2) is 4.30. The van der Waals surface area contributed by atoms with Crippen molar-refractivity contribution < 1.29 is 0 Å². The number of aromatic amines is 1. The van der Waals surface area contributed by atoms with Crippen LogP contribution in [0.4, 0.5) is 0 Å². The third-order valence-electron chi connectivity index (χ3n) is 2.93. The van der Waals surface area contributed by atoms with Crippen molar-refractivity contribution in [2.45, 2.75) is 4.90 Å². The van der Waals surface area contributed by atoms with Crippen LogP contribution in [0, 0.1) is 0 Å². The van der Waals surface area contributed by atoms with Gasteiger partial charge in [0.15, 0.2) is 0 Å². The van der Waals surface area contributed by atoms with Crippen LogP contribution in [0.15, 0.2) is 59.5 Å². The van der Waals surface area contributed by atoms with Crippen molar-refractivity contribution in [1.29, 1.82) is 0 Å². The third kappa shape index (κ3) is 1.85. The van der Waals surface area contributed by atoms with Crippen LogP contribution in [-0.4, -0.2) is 11.2 Å². The fourth-order valence-corrected chi connectivity index (χ4v) is 2.68. The molecule has 0 amide bonds. The predicted molar refractivity (Wildman–Crippen MR) is 75.5 cm³/mol. The van der Waals surface area contributed by atoms with E-state index < -0.39 is 0 Å². The first-order valence-corrected chi connectivity index (χ1v) is 6.82. The topological polar surface area (TPSA) is 15.8 Å². The molecule has 0 aliphatic carbocycles. The minimum Gasteiger partial charge on any atom is -0.354 e. The molecule has 1 N–H and O–H groups in total. The zero-order chi connectivity index (χ0) is 11.7. The molecule has 0 radical (unpaired) electrons. The summed E-state index contributed by atoms with van der Waals surface area (Å²) in [6.45, 7) is 0. The molecule has 17 heavy (non-hydrogen) atoms. The number of fused-ring (bicyclic) bond motifs is 1. The van der Waals surface area contributed by atoms with E-state index in [1.807, 2.05) is 6.07 Å². The first-order chi connectivity index (χ1) is 8.38. The first-order valence-electron chi connectivity index (χ1n) is 5.59. The van der Waals surface area contributed by atoms with Crippen molar-refractivity contribution in [1.82, 2.24) is 4.98 Å². The zero-order valence-electron chi connectivity index (χ0n) is 9.60. The maximum atomic E-state index is 3.47. The molecule has 1 heterocycles. The van der Waals surface area contributed by atoms with Gasteiger partial charge in [0, 0.05) is 21.5 Å². The number of hydrogen-bond donors (Lipinski definition) is 1. The smallest absolute Gasteiger partial charge is 0.0470 e. The first kappa shape index (κ1) is 10.5. The molecule has 3 rings (SSSR count). The Hall–Kier alpha value is -1.67. The Morgan fingerprint density at radius 1 is 0.941 bits per heavy atom. The van der Waals surface area contributed by atoms with Gasteiger partial charge in [0.05, 0.1) is 0 Å². The van der Waals surface area contributed by atoms with E-state index in [9.17, 15) is 0 Å². The summed E-state index contributed by atoms with van der Waals surface area (Å²) in [6.07, 6.45) is 2.12. The predicted octanol–water partition coefficient (Wildman–Crippen LogP) is 4.56. The van der Waals surface area contributed by atoms with Gasteiger partial charge in [-0.1, -0.05) is 36.4 Å². The molecule has 0 bridgehead atoms. The van der Waals surface area contributed by atoms with Gasteiger partial charge in [-0.25, -0.2) is 0 Å². The van der Waals surface area contributed by atoms with Gasteiger partial charge in [-0.05, 0) is 30.0 Å². The summed E-state index contributed by atoms with van der Waals surface area (Å²) >= 11 is 1.79. The number of nitrogens with one attached hydrogen (secondary N) is 1. The van der Waals surface area contributed by atoms with Gasteiger partial charge < -0.3 is 4.98 Å². The molecule has 0 aliphatic rings. The highest BCUT2D eigenvalue weighted by atomic mass is 32.2. The zero-order valence-corrected chi connectivity index (χ0v) is 10.4. The molecule has 1 nitrogen and oxygen atoms in total. The third-order valence-corrected chi connectivity index (χ3v) is 3.72. The van der Waals surface area contributed by atoms with Crippen LogP contribution < -0.4 is 0 Å². The lowest BCUT2D eigenvalue weighted by Crippen LogP contribution is -1.74. The van der Waals surface area contributed by atoms with E-state index in [0.717, 1.165) is 0 Å². The molecule has 1 aromatic heterocycles. The summed E-state index contributed by atoms with van der Waals surface area (Å²) in [5.41, 5.74) is 3.62. The van der Waals surface area contributed by atoms with Crippen LogP contribution in [0.5, 0.6) is 0 Å². The summed E-state index contributed by atoms with van der Waals surface area (Å²) in [7, 11) is 0. The standard InChI is InChI=1S/C15H13NS/c1-17-15-9-5-8-13-12(15)10-14(16-13)11-6-3-2-4-7-11/h2-10,16H,1H3. The lowest BCUT2D eigenvalue weighted by Gasteiger charge is -1.96. The van der Waals surface area contributed by atoms with Crippen LogP contribution in [0.3, 0.4) is 0 Å². The number of rotatable bonds is 2. The van der Waals surface area contributed by atoms with Crippen LogP contribution in [0.25, 0.3) is 22.2 Å². The van der Waals surface area contributed by atoms with Crippen LogP contribution in [0.2, 0.25) is 0 Å². The van der Waals surface area contributed by atoms with Gasteiger partial charge >= 0.3 is 0 Å². The Balaban J connectivity index is 2.20. The van der Waals surface area contributed by atoms with E-state index in [0.29, 0.717) is 0 Å².